The quantitative estimate of drug-likeness (QED) is 0.148. The zero-order chi connectivity index (χ0) is 39.5. The molecule has 3 aromatic heterocycles. The lowest BCUT2D eigenvalue weighted by atomic mass is 10.0. The normalized spacial score (nSPS) is 12.5. The van der Waals surface area contributed by atoms with Crippen LogP contribution in [0.15, 0.2) is 182 Å². The molecule has 0 aliphatic heterocycles. The van der Waals surface area contributed by atoms with Crippen molar-refractivity contribution < 1.29 is 0 Å². The molecule has 0 atom stereocenters. The number of nitrogens with zero attached hydrogens (tertiary/aromatic N) is 4. The molecule has 280 valence electrons. The number of aromatic nitrogens is 3. The lowest BCUT2D eigenvalue weighted by Crippen LogP contribution is -2.11. The van der Waals surface area contributed by atoms with Crippen molar-refractivity contribution in [2.75, 3.05) is 4.90 Å². The Morgan fingerprint density at radius 2 is 0.949 bits per heavy atom. The maximum absolute atomic E-state index is 6.22. The first-order valence-electron chi connectivity index (χ1n) is 20.3. The fourth-order valence-corrected chi connectivity index (χ4v) is 9.38. The van der Waals surface area contributed by atoms with Gasteiger partial charge in [0.05, 0.1) is 22.1 Å². The second-order valence-electron chi connectivity index (χ2n) is 15.2. The molecule has 0 saturated heterocycles. The zero-order valence-electron chi connectivity index (χ0n) is 32.8. The molecule has 0 bridgehead atoms. The molecule has 4 nitrogen and oxygen atoms in total. The standard InChI is InChI=1S/C55H40N4/c1-3-15-44-45-16-5-10-21-51(45)57(50(44)4-2)41-32-26-38(27-33-41)56(39-28-34-42(35-29-39)58-52-22-11-6-17-46(52)47-18-7-12-23-53(47)58)40-30-36-43(37-31-40)59-54-24-13-8-19-48(54)49-20-9-14-25-55(49)59/h2-3,5-13,15-24,26-37H,14,25H2,1H3/b15-3-. The summed E-state index contributed by atoms with van der Waals surface area (Å²) in [6.45, 7) is 2.03. The van der Waals surface area contributed by atoms with E-state index in [9.17, 15) is 0 Å². The number of para-hydroxylation sites is 4. The van der Waals surface area contributed by atoms with E-state index in [1.165, 1.54) is 44.0 Å². The lowest BCUT2D eigenvalue weighted by Gasteiger charge is -2.26. The van der Waals surface area contributed by atoms with Gasteiger partial charge in [0.25, 0.3) is 0 Å². The Hall–Kier alpha value is -7.74. The second kappa shape index (κ2) is 14.0. The third kappa shape index (κ3) is 5.47. The number of allylic oxidation sites excluding steroid dienone is 2. The van der Waals surface area contributed by atoms with E-state index in [2.05, 4.69) is 219 Å². The van der Waals surface area contributed by atoms with Crippen LogP contribution in [-0.4, -0.2) is 13.7 Å². The molecule has 0 amide bonds. The Kier molecular flexibility index (Phi) is 8.20. The van der Waals surface area contributed by atoms with Gasteiger partial charge in [-0.15, -0.1) is 6.42 Å². The first kappa shape index (κ1) is 34.5. The van der Waals surface area contributed by atoms with Crippen molar-refractivity contribution in [1.82, 2.24) is 13.7 Å². The average molecular weight is 757 g/mol. The third-order valence-corrected chi connectivity index (χ3v) is 11.9. The first-order valence-corrected chi connectivity index (χ1v) is 20.3. The van der Waals surface area contributed by atoms with E-state index in [1.54, 1.807) is 0 Å². The maximum atomic E-state index is 6.22. The summed E-state index contributed by atoms with van der Waals surface area (Å²) < 4.78 is 7.02. The van der Waals surface area contributed by atoms with Crippen LogP contribution in [0.2, 0.25) is 0 Å². The van der Waals surface area contributed by atoms with Gasteiger partial charge in [-0.3, -0.25) is 0 Å². The van der Waals surface area contributed by atoms with Gasteiger partial charge in [-0.05, 0) is 117 Å². The molecular formula is C55H40N4. The Morgan fingerprint density at radius 3 is 1.47 bits per heavy atom. The van der Waals surface area contributed by atoms with Crippen molar-refractivity contribution in [2.24, 2.45) is 0 Å². The van der Waals surface area contributed by atoms with Gasteiger partial charge in [0.2, 0.25) is 0 Å². The minimum Gasteiger partial charge on any atom is -0.313 e. The molecule has 7 aromatic carbocycles. The predicted molar refractivity (Wildman–Crippen MR) is 249 cm³/mol. The summed E-state index contributed by atoms with van der Waals surface area (Å²) in [6, 6.07) is 61.3. The summed E-state index contributed by atoms with van der Waals surface area (Å²) >= 11 is 0. The van der Waals surface area contributed by atoms with E-state index in [1.807, 2.05) is 6.92 Å². The van der Waals surface area contributed by atoms with Gasteiger partial charge in [-0.2, -0.15) is 0 Å². The number of anilines is 3. The molecule has 59 heavy (non-hydrogen) atoms. The van der Waals surface area contributed by atoms with Crippen molar-refractivity contribution in [3.8, 4) is 29.4 Å². The number of terminal acetylenes is 1. The molecule has 4 heteroatoms. The van der Waals surface area contributed by atoms with Crippen molar-refractivity contribution >= 4 is 72.8 Å². The molecular weight excluding hydrogens is 717 g/mol. The topological polar surface area (TPSA) is 18.0 Å². The van der Waals surface area contributed by atoms with Crippen LogP contribution < -0.4 is 4.90 Å². The second-order valence-corrected chi connectivity index (χ2v) is 15.2. The highest BCUT2D eigenvalue weighted by Gasteiger charge is 2.21. The average Bonchev–Trinajstić information content (AvgIpc) is 3.93. The summed E-state index contributed by atoms with van der Waals surface area (Å²) in [5.41, 5.74) is 15.8. The van der Waals surface area contributed by atoms with E-state index in [4.69, 9.17) is 6.42 Å². The van der Waals surface area contributed by atoms with Gasteiger partial charge in [-0.25, -0.2) is 0 Å². The van der Waals surface area contributed by atoms with Crippen LogP contribution in [0.5, 0.6) is 0 Å². The van der Waals surface area contributed by atoms with Crippen molar-refractivity contribution in [3.05, 3.63) is 205 Å². The molecule has 0 radical (unpaired) electrons. The molecule has 0 fully saturated rings. The van der Waals surface area contributed by atoms with Gasteiger partial charge >= 0.3 is 0 Å². The van der Waals surface area contributed by atoms with E-state index < -0.39 is 0 Å². The van der Waals surface area contributed by atoms with Crippen molar-refractivity contribution in [2.45, 2.75) is 19.8 Å². The summed E-state index contributed by atoms with van der Waals surface area (Å²) in [7, 11) is 0. The van der Waals surface area contributed by atoms with Crippen molar-refractivity contribution in [3.63, 3.8) is 0 Å². The highest BCUT2D eigenvalue weighted by Crippen LogP contribution is 2.40. The fourth-order valence-electron chi connectivity index (χ4n) is 9.38. The molecule has 10 aromatic rings. The van der Waals surface area contributed by atoms with Crippen LogP contribution in [0, 0.1) is 12.3 Å². The highest BCUT2D eigenvalue weighted by atomic mass is 15.1. The van der Waals surface area contributed by atoms with Crippen LogP contribution in [0.25, 0.3) is 72.8 Å². The first-order chi connectivity index (χ1) is 29.2. The molecule has 11 rings (SSSR count). The summed E-state index contributed by atoms with van der Waals surface area (Å²) in [5, 5.41) is 4.94. The number of fused-ring (bicyclic) bond motifs is 7. The lowest BCUT2D eigenvalue weighted by molar-refractivity contribution is 0.888. The maximum Gasteiger partial charge on any atom is 0.105 e. The highest BCUT2D eigenvalue weighted by molar-refractivity contribution is 6.09. The summed E-state index contributed by atoms with van der Waals surface area (Å²) in [6.07, 6.45) is 17.0. The van der Waals surface area contributed by atoms with Crippen LogP contribution in [0.4, 0.5) is 17.1 Å². The number of rotatable bonds is 7. The molecule has 0 unspecified atom stereocenters. The molecule has 1 aliphatic rings. The third-order valence-electron chi connectivity index (χ3n) is 11.9. The van der Waals surface area contributed by atoms with Crippen LogP contribution in [0.3, 0.4) is 0 Å². The Bertz CT molecular complexity index is 3270. The smallest absolute Gasteiger partial charge is 0.105 e. The monoisotopic (exact) mass is 756 g/mol. The van der Waals surface area contributed by atoms with E-state index >= 15 is 0 Å². The molecule has 0 N–H and O–H groups in total. The summed E-state index contributed by atoms with van der Waals surface area (Å²) in [5.74, 6) is 3.01. The van der Waals surface area contributed by atoms with E-state index in [0.29, 0.717) is 0 Å². The largest absolute Gasteiger partial charge is 0.313 e. The Balaban J connectivity index is 1.04. The fraction of sp³-hybridized carbons (Fsp3) is 0.0545. The minimum atomic E-state index is 0.848. The van der Waals surface area contributed by atoms with Gasteiger partial charge in [0.1, 0.15) is 5.69 Å². The zero-order valence-corrected chi connectivity index (χ0v) is 32.8. The SMILES string of the molecule is C#Cc1c(/C=C\C)c2ccccc2n1-c1ccc(N(c2ccc(-n3c4c(c5ccccc53)C=CCC4)cc2)c2ccc(-n3c4ccccc4c4ccccc43)cc2)cc1. The Morgan fingerprint density at radius 1 is 0.508 bits per heavy atom. The molecule has 3 heterocycles. The predicted octanol–water partition coefficient (Wildman–Crippen LogP) is 14.1. The van der Waals surface area contributed by atoms with Crippen LogP contribution in [-0.2, 0) is 6.42 Å². The molecule has 1 aliphatic carbocycles. The van der Waals surface area contributed by atoms with Gasteiger partial charge in [0, 0.05) is 72.5 Å². The van der Waals surface area contributed by atoms with E-state index in [0.717, 1.165) is 69.1 Å². The Labute approximate surface area is 343 Å². The van der Waals surface area contributed by atoms with Gasteiger partial charge in [-0.1, -0.05) is 103 Å². The van der Waals surface area contributed by atoms with Gasteiger partial charge < -0.3 is 18.6 Å². The molecule has 0 saturated carbocycles. The number of hydrogen-bond acceptors (Lipinski definition) is 1. The minimum absolute atomic E-state index is 0.848. The van der Waals surface area contributed by atoms with Crippen LogP contribution >= 0.6 is 0 Å². The van der Waals surface area contributed by atoms with Crippen molar-refractivity contribution in [1.29, 1.82) is 0 Å². The molecule has 0 spiro atoms. The van der Waals surface area contributed by atoms with Gasteiger partial charge in [0.15, 0.2) is 0 Å². The summed E-state index contributed by atoms with van der Waals surface area (Å²) in [4.78, 5) is 2.34. The number of hydrogen-bond donors (Lipinski definition) is 0. The van der Waals surface area contributed by atoms with Crippen LogP contribution in [0.1, 0.15) is 35.9 Å². The number of benzene rings is 7. The van der Waals surface area contributed by atoms with E-state index in [-0.39, 0.29) is 0 Å².